The number of carbonyl (C=O) groups excluding carboxylic acids is 2. The highest BCUT2D eigenvalue weighted by molar-refractivity contribution is 6.42. The third-order valence-electron chi connectivity index (χ3n) is 5.03. The fourth-order valence-electron chi connectivity index (χ4n) is 3.86. The molecule has 2 aliphatic rings. The molecule has 1 aromatic rings. The van der Waals surface area contributed by atoms with E-state index < -0.39 is 34.8 Å². The van der Waals surface area contributed by atoms with Crippen molar-refractivity contribution in [2.75, 3.05) is 7.11 Å². The smallest absolute Gasteiger partial charge is 0.450 e. The van der Waals surface area contributed by atoms with Crippen LogP contribution in [-0.2, 0) is 19.1 Å². The van der Waals surface area contributed by atoms with Crippen molar-refractivity contribution < 1.29 is 32.2 Å². The molecular weight excluding hydrogens is 444 g/mol. The van der Waals surface area contributed by atoms with Crippen molar-refractivity contribution in [2.45, 2.75) is 38.8 Å². The summed E-state index contributed by atoms with van der Waals surface area (Å²) in [5, 5.41) is 0.283. The summed E-state index contributed by atoms with van der Waals surface area (Å²) >= 11 is 12.1. The Morgan fingerprint density at radius 1 is 1.23 bits per heavy atom. The summed E-state index contributed by atoms with van der Waals surface area (Å²) in [5.74, 6) is -2.16. The summed E-state index contributed by atoms with van der Waals surface area (Å²) < 4.78 is 51.6. The van der Waals surface area contributed by atoms with Gasteiger partial charge in [0.25, 0.3) is 0 Å². The molecule has 0 aromatic heterocycles. The first-order valence-electron chi connectivity index (χ1n) is 8.89. The number of carbonyl (C=O) groups is 1. The van der Waals surface area contributed by atoms with Gasteiger partial charge in [0, 0.05) is 23.5 Å². The monoisotopic (exact) mass is 460 g/mol. The zero-order chi connectivity index (χ0) is 22.4. The topological polar surface area (TPSA) is 52.6 Å². The molecule has 1 aliphatic carbocycles. The van der Waals surface area contributed by atoms with Crippen LogP contribution in [0.5, 0.6) is 0 Å². The van der Waals surface area contributed by atoms with Crippen LogP contribution in [0.3, 0.4) is 0 Å². The lowest BCUT2D eigenvalue weighted by atomic mass is 9.68. The van der Waals surface area contributed by atoms with E-state index in [2.05, 4.69) is 4.74 Å². The zero-order valence-electron chi connectivity index (χ0n) is 16.2. The molecule has 160 valence electrons. The Balaban J connectivity index is 2.38. The van der Waals surface area contributed by atoms with Gasteiger partial charge >= 0.3 is 12.1 Å². The first-order chi connectivity index (χ1) is 13.9. The summed E-state index contributed by atoms with van der Waals surface area (Å²) in [4.78, 5) is 24.3. The molecule has 1 heterocycles. The van der Waals surface area contributed by atoms with Crippen molar-refractivity contribution in [3.05, 3.63) is 62.0 Å². The fourth-order valence-corrected chi connectivity index (χ4v) is 4.17. The second kappa shape index (κ2) is 7.80. The van der Waals surface area contributed by atoms with Crippen LogP contribution in [-0.4, -0.2) is 25.2 Å². The van der Waals surface area contributed by atoms with E-state index in [4.69, 9.17) is 27.9 Å². The molecule has 0 radical (unpaired) electrons. The lowest BCUT2D eigenvalue weighted by Gasteiger charge is -2.40. The van der Waals surface area contributed by atoms with Crippen molar-refractivity contribution in [2.24, 2.45) is 5.41 Å². The molecule has 0 spiro atoms. The number of alkyl halides is 3. The van der Waals surface area contributed by atoms with Crippen LogP contribution in [0.15, 0.2) is 46.4 Å². The summed E-state index contributed by atoms with van der Waals surface area (Å²) in [7, 11) is 0.972. The lowest BCUT2D eigenvalue weighted by Crippen LogP contribution is -2.34. The Morgan fingerprint density at radius 2 is 1.90 bits per heavy atom. The Labute approximate surface area is 180 Å². The van der Waals surface area contributed by atoms with Crippen LogP contribution >= 0.6 is 23.2 Å². The molecule has 0 bridgehead atoms. The van der Waals surface area contributed by atoms with Gasteiger partial charge < -0.3 is 9.47 Å². The summed E-state index contributed by atoms with van der Waals surface area (Å²) in [6, 6.07) is 4.23. The van der Waals surface area contributed by atoms with Gasteiger partial charge in [-0.25, -0.2) is 9.59 Å². The number of rotatable bonds is 2. The van der Waals surface area contributed by atoms with E-state index in [1.54, 1.807) is 13.8 Å². The van der Waals surface area contributed by atoms with Gasteiger partial charge in [0.15, 0.2) is 0 Å². The van der Waals surface area contributed by atoms with Crippen molar-refractivity contribution >= 4 is 35.1 Å². The van der Waals surface area contributed by atoms with E-state index >= 15 is 0 Å². The van der Waals surface area contributed by atoms with Crippen molar-refractivity contribution in [1.82, 2.24) is 0 Å². The molecular formula is C21H17Cl2F3O4. The molecule has 4 nitrogen and oxygen atoms in total. The zero-order valence-corrected chi connectivity index (χ0v) is 17.8. The standard InChI is InChI=1S/C21H17Cl2F3O4/c1-20(2)7-11(9-27)15-14(8-20)30-18(21(24,25)26)17(19(28)29-3)16(15)10-4-5-12(22)13(23)6-10/h4-6,16H,7-8H2,1-3H3. The molecule has 0 saturated heterocycles. The molecule has 9 heteroatoms. The predicted octanol–water partition coefficient (Wildman–Crippen LogP) is 5.93. The van der Waals surface area contributed by atoms with Gasteiger partial charge in [-0.05, 0) is 29.5 Å². The SMILES string of the molecule is COC(=O)C1=C(C(F)(F)F)OC2=C(C(=C=O)CC(C)(C)C2)C1c1ccc(Cl)c(Cl)c1. The normalized spacial score (nSPS) is 21.1. The Hall–Kier alpha value is -2.21. The third-order valence-corrected chi connectivity index (χ3v) is 5.77. The van der Waals surface area contributed by atoms with E-state index in [0.29, 0.717) is 0 Å². The predicted molar refractivity (Wildman–Crippen MR) is 105 cm³/mol. The quantitative estimate of drug-likeness (QED) is 0.405. The largest absolute Gasteiger partial charge is 0.466 e. The second-order valence-corrected chi connectivity index (χ2v) is 8.69. The van der Waals surface area contributed by atoms with Gasteiger partial charge in [-0.15, -0.1) is 0 Å². The first kappa shape index (κ1) is 22.5. The average molecular weight is 461 g/mol. The third kappa shape index (κ3) is 4.02. The van der Waals surface area contributed by atoms with E-state index in [9.17, 15) is 22.8 Å². The fraction of sp³-hybridized carbons (Fsp3) is 0.381. The minimum Gasteiger partial charge on any atom is -0.466 e. The van der Waals surface area contributed by atoms with E-state index in [1.165, 1.54) is 18.2 Å². The van der Waals surface area contributed by atoms with Crippen molar-refractivity contribution in [3.8, 4) is 0 Å². The van der Waals surface area contributed by atoms with Crippen molar-refractivity contribution in [3.63, 3.8) is 0 Å². The highest BCUT2D eigenvalue weighted by Gasteiger charge is 2.51. The Bertz CT molecular complexity index is 1030. The Kier molecular flexibility index (Phi) is 5.84. The van der Waals surface area contributed by atoms with Gasteiger partial charge in [0.2, 0.25) is 5.76 Å². The van der Waals surface area contributed by atoms with Crippen LogP contribution in [0.4, 0.5) is 13.2 Å². The number of hydrogen-bond acceptors (Lipinski definition) is 4. The molecule has 0 saturated carbocycles. The lowest BCUT2D eigenvalue weighted by molar-refractivity contribution is -0.143. The minimum absolute atomic E-state index is 0.0272. The van der Waals surface area contributed by atoms with Gasteiger partial charge in [-0.3, -0.25) is 0 Å². The maximum atomic E-state index is 13.9. The van der Waals surface area contributed by atoms with Crippen LogP contribution in [0.1, 0.15) is 38.2 Å². The molecule has 30 heavy (non-hydrogen) atoms. The molecule has 0 fully saturated rings. The van der Waals surface area contributed by atoms with Crippen molar-refractivity contribution in [1.29, 1.82) is 0 Å². The van der Waals surface area contributed by atoms with E-state index in [1.807, 2.05) is 5.94 Å². The number of benzene rings is 1. The summed E-state index contributed by atoms with van der Waals surface area (Å²) in [5.41, 5.74) is -0.728. The number of esters is 1. The molecule has 3 rings (SSSR count). The van der Waals surface area contributed by atoms with E-state index in [0.717, 1.165) is 7.11 Å². The molecule has 1 atom stereocenters. The van der Waals surface area contributed by atoms with Crippen LogP contribution in [0.2, 0.25) is 10.0 Å². The number of methoxy groups -OCH3 is 1. The van der Waals surface area contributed by atoms with Crippen LogP contribution in [0, 0.1) is 5.41 Å². The van der Waals surface area contributed by atoms with Gasteiger partial charge in [0.05, 0.1) is 22.7 Å². The molecule has 1 aliphatic heterocycles. The second-order valence-electron chi connectivity index (χ2n) is 7.88. The molecule has 1 aromatic carbocycles. The Morgan fingerprint density at radius 3 is 2.43 bits per heavy atom. The van der Waals surface area contributed by atoms with Gasteiger partial charge in [-0.2, -0.15) is 13.2 Å². The van der Waals surface area contributed by atoms with Gasteiger partial charge in [-0.1, -0.05) is 43.1 Å². The maximum Gasteiger partial charge on any atom is 0.450 e. The number of ether oxygens (including phenoxy) is 2. The number of halogens is 5. The highest BCUT2D eigenvalue weighted by Crippen LogP contribution is 2.54. The van der Waals surface area contributed by atoms with Crippen LogP contribution in [0.25, 0.3) is 0 Å². The van der Waals surface area contributed by atoms with E-state index in [-0.39, 0.29) is 45.4 Å². The first-order valence-corrected chi connectivity index (χ1v) is 9.65. The van der Waals surface area contributed by atoms with Gasteiger partial charge in [0.1, 0.15) is 11.7 Å². The summed E-state index contributed by atoms with van der Waals surface area (Å²) in [6.45, 7) is 3.61. The number of allylic oxidation sites excluding steroid dienone is 4. The minimum atomic E-state index is -4.97. The maximum absolute atomic E-state index is 13.9. The summed E-state index contributed by atoms with van der Waals surface area (Å²) in [6.07, 6.45) is -4.57. The average Bonchev–Trinajstić information content (AvgIpc) is 2.66. The number of hydrogen-bond donors (Lipinski definition) is 0. The highest BCUT2D eigenvalue weighted by atomic mass is 35.5. The molecule has 1 unspecified atom stereocenters. The molecule has 0 amide bonds. The van der Waals surface area contributed by atoms with Crippen LogP contribution < -0.4 is 0 Å². The molecule has 0 N–H and O–H groups in total.